The van der Waals surface area contributed by atoms with E-state index >= 15 is 4.79 Å². The van der Waals surface area contributed by atoms with Crippen LogP contribution >= 0.6 is 23.2 Å². The molecule has 3 atom stereocenters. The molecule has 2 heterocycles. The molecular weight excluding hydrogens is 650 g/mol. The average Bonchev–Trinajstić information content (AvgIpc) is 3.22. The number of nitrogens with zero attached hydrogens (tertiary/aromatic N) is 1. The lowest BCUT2D eigenvalue weighted by Crippen LogP contribution is -2.59. The molecule has 47 heavy (non-hydrogen) atoms. The number of imide groups is 1. The number of nitrogens with one attached hydrogen (secondary N) is 1. The van der Waals surface area contributed by atoms with E-state index in [0.717, 1.165) is 4.90 Å². The lowest BCUT2D eigenvalue weighted by molar-refractivity contribution is -0.156. The summed E-state index contributed by atoms with van der Waals surface area (Å²) in [4.78, 5) is 56.4. The van der Waals surface area contributed by atoms with Gasteiger partial charge < -0.3 is 19.5 Å². The standard InChI is InChI=1S/C35H35Cl2FN2O7/c1-18-8-11-21(38)16-22(18)29-35(24-12-9-20(37)15-26(24)40(30(35)42)32(44)47-33(2,3)4)25(17-28(41)39-29)23-14-19(36)10-13-27(23)46-34(5,6)31(43)45-7/h8-16,25,29H,17H2,1-7H3,(H,39,41)/t25-,29+,35-/m1/s1. The third-order valence-corrected chi connectivity index (χ3v) is 8.89. The summed E-state index contributed by atoms with van der Waals surface area (Å²) in [6.07, 6.45) is -1.22. The summed E-state index contributed by atoms with van der Waals surface area (Å²) < 4.78 is 31.8. The molecule has 0 unspecified atom stereocenters. The molecular formula is C35H35Cl2FN2O7. The minimum Gasteiger partial charge on any atom is -0.476 e. The van der Waals surface area contributed by atoms with Crippen LogP contribution in [-0.2, 0) is 29.3 Å². The topological polar surface area (TPSA) is 111 Å². The number of piperidine rings is 1. The quantitative estimate of drug-likeness (QED) is 0.280. The van der Waals surface area contributed by atoms with Crippen molar-refractivity contribution in [2.75, 3.05) is 12.0 Å². The van der Waals surface area contributed by atoms with E-state index in [2.05, 4.69) is 5.32 Å². The van der Waals surface area contributed by atoms with Gasteiger partial charge in [-0.25, -0.2) is 18.9 Å². The zero-order valence-corrected chi connectivity index (χ0v) is 28.5. The van der Waals surface area contributed by atoms with Crippen LogP contribution in [0.3, 0.4) is 0 Å². The fraction of sp³-hybridized carbons (Fsp3) is 0.371. The summed E-state index contributed by atoms with van der Waals surface area (Å²) in [6.45, 7) is 9.77. The molecule has 5 rings (SSSR count). The Labute approximate surface area is 282 Å². The summed E-state index contributed by atoms with van der Waals surface area (Å²) in [5.74, 6) is -3.36. The van der Waals surface area contributed by atoms with Crippen molar-refractivity contribution in [1.82, 2.24) is 5.32 Å². The number of ether oxygens (including phenoxy) is 3. The Balaban J connectivity index is 1.87. The molecule has 0 radical (unpaired) electrons. The second kappa shape index (κ2) is 12.1. The van der Waals surface area contributed by atoms with Crippen molar-refractivity contribution < 1.29 is 37.8 Å². The number of methoxy groups -OCH3 is 1. The second-order valence-electron chi connectivity index (χ2n) is 13.2. The Morgan fingerprint density at radius 3 is 2.28 bits per heavy atom. The van der Waals surface area contributed by atoms with E-state index in [-0.39, 0.29) is 27.9 Å². The molecule has 0 bridgehead atoms. The summed E-state index contributed by atoms with van der Waals surface area (Å²) >= 11 is 13.0. The predicted molar refractivity (Wildman–Crippen MR) is 174 cm³/mol. The number of rotatable bonds is 5. The number of anilines is 1. The smallest absolute Gasteiger partial charge is 0.421 e. The minimum absolute atomic E-state index is 0.149. The van der Waals surface area contributed by atoms with Crippen molar-refractivity contribution in [3.05, 3.63) is 92.7 Å². The number of hydrogen-bond donors (Lipinski definition) is 1. The molecule has 3 aromatic carbocycles. The number of halogens is 3. The van der Waals surface area contributed by atoms with Gasteiger partial charge in [-0.15, -0.1) is 0 Å². The summed E-state index contributed by atoms with van der Waals surface area (Å²) in [5.41, 5.74) is -2.55. The highest BCUT2D eigenvalue weighted by molar-refractivity contribution is 6.32. The van der Waals surface area contributed by atoms with Crippen molar-refractivity contribution in [2.45, 2.75) is 76.5 Å². The molecule has 0 saturated carbocycles. The number of hydrogen-bond acceptors (Lipinski definition) is 7. The first-order chi connectivity index (χ1) is 21.9. The molecule has 2 aliphatic rings. The molecule has 1 spiro atoms. The van der Waals surface area contributed by atoms with Crippen LogP contribution in [0.25, 0.3) is 0 Å². The first-order valence-corrected chi connectivity index (χ1v) is 15.7. The minimum atomic E-state index is -1.79. The monoisotopic (exact) mass is 684 g/mol. The fourth-order valence-electron chi connectivity index (χ4n) is 6.48. The van der Waals surface area contributed by atoms with Gasteiger partial charge in [0, 0.05) is 27.9 Å². The molecule has 248 valence electrons. The molecule has 12 heteroatoms. The van der Waals surface area contributed by atoms with Crippen LogP contribution in [0.5, 0.6) is 5.75 Å². The zero-order valence-electron chi connectivity index (χ0n) is 27.0. The van der Waals surface area contributed by atoms with Crippen molar-refractivity contribution >= 4 is 52.8 Å². The number of amides is 3. The first-order valence-electron chi connectivity index (χ1n) is 14.9. The lowest BCUT2D eigenvalue weighted by atomic mass is 9.58. The van der Waals surface area contributed by atoms with Gasteiger partial charge in [-0.3, -0.25) is 9.59 Å². The van der Waals surface area contributed by atoms with Crippen LogP contribution in [-0.4, -0.2) is 42.2 Å². The molecule has 3 amide bonds. The van der Waals surface area contributed by atoms with Gasteiger partial charge in [-0.05, 0) is 101 Å². The van der Waals surface area contributed by atoms with Crippen LogP contribution in [0.2, 0.25) is 10.0 Å². The summed E-state index contributed by atoms with van der Waals surface area (Å²) in [6, 6.07) is 12.2. The third kappa shape index (κ3) is 6.05. The van der Waals surface area contributed by atoms with E-state index < -0.39 is 58.3 Å². The molecule has 1 N–H and O–H groups in total. The molecule has 3 aromatic rings. The zero-order chi connectivity index (χ0) is 34.6. The van der Waals surface area contributed by atoms with Crippen molar-refractivity contribution in [3.8, 4) is 5.75 Å². The van der Waals surface area contributed by atoms with E-state index in [4.69, 9.17) is 37.4 Å². The number of carbonyl (C=O) groups excluding carboxylic acids is 4. The van der Waals surface area contributed by atoms with E-state index in [1.165, 1.54) is 39.2 Å². The van der Waals surface area contributed by atoms with E-state index in [1.54, 1.807) is 64.1 Å². The van der Waals surface area contributed by atoms with Crippen LogP contribution < -0.4 is 15.0 Å². The van der Waals surface area contributed by atoms with Crippen molar-refractivity contribution in [2.24, 2.45) is 0 Å². The highest BCUT2D eigenvalue weighted by Crippen LogP contribution is 2.61. The lowest BCUT2D eigenvalue weighted by Gasteiger charge is -2.47. The summed E-state index contributed by atoms with van der Waals surface area (Å²) in [5, 5.41) is 3.45. The molecule has 0 aliphatic carbocycles. The number of esters is 1. The average molecular weight is 686 g/mol. The third-order valence-electron chi connectivity index (χ3n) is 8.42. The Hall–Kier alpha value is -4.15. The van der Waals surface area contributed by atoms with Gasteiger partial charge in [0.05, 0.1) is 18.8 Å². The predicted octanol–water partition coefficient (Wildman–Crippen LogP) is 7.34. The maximum atomic E-state index is 15.3. The summed E-state index contributed by atoms with van der Waals surface area (Å²) in [7, 11) is 1.23. The number of carbonyl (C=O) groups is 4. The highest BCUT2D eigenvalue weighted by atomic mass is 35.5. The van der Waals surface area contributed by atoms with E-state index in [0.29, 0.717) is 22.3 Å². The molecule has 1 fully saturated rings. The van der Waals surface area contributed by atoms with Crippen LogP contribution in [0.15, 0.2) is 54.6 Å². The van der Waals surface area contributed by atoms with Gasteiger partial charge in [0.15, 0.2) is 5.60 Å². The Bertz CT molecular complexity index is 1800. The van der Waals surface area contributed by atoms with Gasteiger partial charge in [0.25, 0.3) is 0 Å². The molecule has 1 saturated heterocycles. The van der Waals surface area contributed by atoms with Gasteiger partial charge in [0.2, 0.25) is 11.8 Å². The maximum absolute atomic E-state index is 15.3. The van der Waals surface area contributed by atoms with Crippen molar-refractivity contribution in [1.29, 1.82) is 0 Å². The first kappa shape index (κ1) is 34.2. The maximum Gasteiger partial charge on any atom is 0.421 e. The van der Waals surface area contributed by atoms with Gasteiger partial charge >= 0.3 is 12.1 Å². The number of aryl methyl sites for hydroxylation is 1. The molecule has 9 nitrogen and oxygen atoms in total. The largest absolute Gasteiger partial charge is 0.476 e. The van der Waals surface area contributed by atoms with Gasteiger partial charge in [0.1, 0.15) is 22.6 Å². The van der Waals surface area contributed by atoms with Crippen molar-refractivity contribution in [3.63, 3.8) is 0 Å². The Morgan fingerprint density at radius 1 is 0.957 bits per heavy atom. The SMILES string of the molecule is COC(=O)C(C)(C)Oc1ccc(Cl)cc1[C@H]1CC(=O)N[C@@H](c2cc(F)ccc2C)[C@]12C(=O)N(C(=O)OC(C)(C)C)c1cc(Cl)ccc12. The molecule has 0 aromatic heterocycles. The van der Waals surface area contributed by atoms with Gasteiger partial charge in [-0.2, -0.15) is 0 Å². The van der Waals surface area contributed by atoms with E-state index in [1.807, 2.05) is 0 Å². The second-order valence-corrected chi connectivity index (χ2v) is 14.1. The number of fused-ring (bicyclic) bond motifs is 2. The fourth-order valence-corrected chi connectivity index (χ4v) is 6.83. The van der Waals surface area contributed by atoms with E-state index in [9.17, 15) is 18.8 Å². The molecule has 2 aliphatic heterocycles. The van der Waals surface area contributed by atoms with Crippen LogP contribution in [0.4, 0.5) is 14.9 Å². The number of benzene rings is 3. The Morgan fingerprint density at radius 2 is 1.62 bits per heavy atom. The normalized spacial score (nSPS) is 20.9. The van der Waals surface area contributed by atoms with Crippen LogP contribution in [0, 0.1) is 12.7 Å². The van der Waals surface area contributed by atoms with Gasteiger partial charge in [-0.1, -0.05) is 35.3 Å². The highest BCUT2D eigenvalue weighted by Gasteiger charge is 2.65. The van der Waals surface area contributed by atoms with Crippen LogP contribution in [0.1, 0.15) is 75.3 Å². The Kier molecular flexibility index (Phi) is 8.83.